The van der Waals surface area contributed by atoms with Crippen LogP contribution in [0.5, 0.6) is 0 Å². The highest BCUT2D eigenvalue weighted by Gasteiger charge is 2.32. The number of primary amides is 1. The van der Waals surface area contributed by atoms with Crippen LogP contribution >= 0.6 is 0 Å². The van der Waals surface area contributed by atoms with Gasteiger partial charge in [0, 0.05) is 13.0 Å². The van der Waals surface area contributed by atoms with Crippen molar-refractivity contribution in [1.82, 2.24) is 16.0 Å². The molecule has 0 saturated heterocycles. The van der Waals surface area contributed by atoms with Crippen LogP contribution in [0.1, 0.15) is 46.5 Å². The molecule has 0 fully saturated rings. The Hall–Kier alpha value is -3.46. The van der Waals surface area contributed by atoms with Crippen molar-refractivity contribution in [2.24, 2.45) is 33.8 Å². The average molecular weight is 503 g/mol. The second-order valence-corrected chi connectivity index (χ2v) is 8.41. The van der Waals surface area contributed by atoms with Crippen LogP contribution in [0, 0.1) is 5.92 Å². The lowest BCUT2D eigenvalue weighted by atomic mass is 10.0. The van der Waals surface area contributed by atoms with Crippen molar-refractivity contribution >= 4 is 35.6 Å². The number of aliphatic hydroxyl groups is 1. The number of aliphatic imine (C=N–C) groups is 1. The number of nitrogens with two attached hydrogens (primary N) is 4. The number of carbonyl (C=O) groups is 5. The molecule has 0 rings (SSSR count). The summed E-state index contributed by atoms with van der Waals surface area (Å²) in [6.07, 6.45) is -1.31. The molecule has 15 heteroatoms. The number of carboxylic acids is 1. The van der Waals surface area contributed by atoms with Crippen LogP contribution < -0.4 is 38.9 Å². The van der Waals surface area contributed by atoms with Gasteiger partial charge in [-0.1, -0.05) is 13.8 Å². The monoisotopic (exact) mass is 502 g/mol. The van der Waals surface area contributed by atoms with Gasteiger partial charge in [0.2, 0.25) is 23.6 Å². The zero-order valence-electron chi connectivity index (χ0n) is 20.2. The number of aliphatic carboxylic acids is 1. The fourth-order valence-electron chi connectivity index (χ4n) is 2.85. The third-order valence-electron chi connectivity index (χ3n) is 4.94. The maximum atomic E-state index is 13.0. The number of guanidine groups is 1. The largest absolute Gasteiger partial charge is 0.480 e. The van der Waals surface area contributed by atoms with Gasteiger partial charge in [-0.25, -0.2) is 4.79 Å². The normalized spacial score (nSPS) is 15.1. The van der Waals surface area contributed by atoms with E-state index in [1.54, 1.807) is 13.8 Å². The van der Waals surface area contributed by atoms with E-state index in [1.165, 1.54) is 6.92 Å². The molecule has 0 saturated carbocycles. The van der Waals surface area contributed by atoms with E-state index in [0.29, 0.717) is 0 Å². The number of aliphatic hydroxyl groups excluding tert-OH is 1. The quantitative estimate of drug-likeness (QED) is 0.0563. The smallest absolute Gasteiger partial charge is 0.326 e. The summed E-state index contributed by atoms with van der Waals surface area (Å²) in [6.45, 7) is 4.73. The van der Waals surface area contributed by atoms with Gasteiger partial charge in [-0.15, -0.1) is 0 Å². The van der Waals surface area contributed by atoms with E-state index in [2.05, 4.69) is 20.9 Å². The van der Waals surface area contributed by atoms with Crippen molar-refractivity contribution < 1.29 is 34.2 Å². The molecule has 200 valence electrons. The molecule has 0 spiro atoms. The van der Waals surface area contributed by atoms with Crippen LogP contribution in [0.4, 0.5) is 0 Å². The highest BCUT2D eigenvalue weighted by molar-refractivity contribution is 5.94. The number of nitrogens with zero attached hydrogens (tertiary/aromatic N) is 1. The fourth-order valence-corrected chi connectivity index (χ4v) is 2.85. The predicted octanol–water partition coefficient (Wildman–Crippen LogP) is -3.79. The zero-order chi connectivity index (χ0) is 27.3. The summed E-state index contributed by atoms with van der Waals surface area (Å²) >= 11 is 0. The first kappa shape index (κ1) is 31.5. The van der Waals surface area contributed by atoms with Crippen molar-refractivity contribution in [3.05, 3.63) is 0 Å². The first-order chi connectivity index (χ1) is 16.2. The molecule has 0 aromatic carbocycles. The van der Waals surface area contributed by atoms with E-state index in [1.807, 2.05) is 0 Å². The molecule has 4 amide bonds. The van der Waals surface area contributed by atoms with Crippen LogP contribution in [-0.4, -0.2) is 82.6 Å². The van der Waals surface area contributed by atoms with Gasteiger partial charge in [0.15, 0.2) is 5.96 Å². The van der Waals surface area contributed by atoms with E-state index in [-0.39, 0.29) is 38.2 Å². The lowest BCUT2D eigenvalue weighted by Crippen LogP contribution is -2.59. The van der Waals surface area contributed by atoms with Gasteiger partial charge in [-0.05, 0) is 32.1 Å². The summed E-state index contributed by atoms with van der Waals surface area (Å²) in [4.78, 5) is 64.3. The summed E-state index contributed by atoms with van der Waals surface area (Å²) in [5, 5.41) is 26.1. The van der Waals surface area contributed by atoms with E-state index in [4.69, 9.17) is 22.9 Å². The molecular formula is C20H38N8O7. The SMILES string of the molecule is CC(C)C(NC(=O)C(CCCN=C(N)N)NC(=O)C(N)C(C)O)C(=O)NC(CCC(N)=O)C(=O)O. The fraction of sp³-hybridized carbons (Fsp3) is 0.700. The van der Waals surface area contributed by atoms with Gasteiger partial charge >= 0.3 is 5.97 Å². The first-order valence-corrected chi connectivity index (χ1v) is 11.1. The van der Waals surface area contributed by atoms with Crippen molar-refractivity contribution in [1.29, 1.82) is 0 Å². The Morgan fingerprint density at radius 2 is 1.43 bits per heavy atom. The number of hydrogen-bond acceptors (Lipinski definition) is 8. The molecular weight excluding hydrogens is 464 g/mol. The third-order valence-corrected chi connectivity index (χ3v) is 4.94. The Bertz CT molecular complexity index is 783. The van der Waals surface area contributed by atoms with Gasteiger partial charge < -0.3 is 49.1 Å². The maximum absolute atomic E-state index is 13.0. The van der Waals surface area contributed by atoms with Gasteiger partial charge in [-0.3, -0.25) is 24.2 Å². The topological polar surface area (TPSA) is 278 Å². The van der Waals surface area contributed by atoms with E-state index in [9.17, 15) is 34.2 Å². The van der Waals surface area contributed by atoms with Gasteiger partial charge in [-0.2, -0.15) is 0 Å². The number of hydrogen-bond donors (Lipinski definition) is 9. The Balaban J connectivity index is 5.52. The summed E-state index contributed by atoms with van der Waals surface area (Å²) in [6, 6.07) is -5.01. The molecule has 5 unspecified atom stereocenters. The predicted molar refractivity (Wildman–Crippen MR) is 126 cm³/mol. The Labute approximate surface area is 203 Å². The van der Waals surface area contributed by atoms with E-state index in [0.717, 1.165) is 0 Å². The summed E-state index contributed by atoms with van der Waals surface area (Å²) in [5.74, 6) is -5.03. The molecule has 0 radical (unpaired) electrons. The summed E-state index contributed by atoms with van der Waals surface area (Å²) in [5.41, 5.74) is 21.2. The Kier molecular flexibility index (Phi) is 13.9. The third kappa shape index (κ3) is 12.5. The molecule has 13 N–H and O–H groups in total. The molecule has 0 aromatic rings. The second kappa shape index (κ2) is 15.4. The lowest BCUT2D eigenvalue weighted by Gasteiger charge is -2.27. The number of nitrogens with one attached hydrogen (secondary N) is 3. The minimum Gasteiger partial charge on any atom is -0.480 e. The van der Waals surface area contributed by atoms with Gasteiger partial charge in [0.05, 0.1) is 6.10 Å². The molecule has 15 nitrogen and oxygen atoms in total. The van der Waals surface area contributed by atoms with Crippen molar-refractivity contribution in [3.63, 3.8) is 0 Å². The number of rotatable bonds is 16. The lowest BCUT2D eigenvalue weighted by molar-refractivity contribution is -0.143. The number of carbonyl (C=O) groups excluding carboxylic acids is 4. The van der Waals surface area contributed by atoms with Gasteiger partial charge in [0.1, 0.15) is 24.2 Å². The molecule has 0 aliphatic rings. The van der Waals surface area contributed by atoms with Crippen LogP contribution in [0.2, 0.25) is 0 Å². The van der Waals surface area contributed by atoms with Crippen LogP contribution in [0.3, 0.4) is 0 Å². The molecule has 35 heavy (non-hydrogen) atoms. The molecule has 0 heterocycles. The Morgan fingerprint density at radius 1 is 0.857 bits per heavy atom. The molecule has 0 aromatic heterocycles. The standard InChI is InChI=1S/C20H38N8O7/c1-9(2)15(18(33)27-12(19(34)35)6-7-13(21)30)28-16(31)11(5-4-8-25-20(23)24)26-17(32)14(22)10(3)29/h9-12,14-15,29H,4-8,22H2,1-3H3,(H2,21,30)(H,26,32)(H,27,33)(H,28,31)(H,34,35)(H4,23,24,25). The molecule has 0 bridgehead atoms. The molecule has 0 aliphatic carbocycles. The minimum absolute atomic E-state index is 0.0731. The van der Waals surface area contributed by atoms with Crippen LogP contribution in [-0.2, 0) is 24.0 Å². The highest BCUT2D eigenvalue weighted by atomic mass is 16.4. The van der Waals surface area contributed by atoms with Gasteiger partial charge in [0.25, 0.3) is 0 Å². The van der Waals surface area contributed by atoms with Crippen molar-refractivity contribution in [2.75, 3.05) is 6.54 Å². The van der Waals surface area contributed by atoms with Crippen LogP contribution in [0.15, 0.2) is 4.99 Å². The minimum atomic E-state index is -1.40. The maximum Gasteiger partial charge on any atom is 0.326 e. The highest BCUT2D eigenvalue weighted by Crippen LogP contribution is 2.07. The Morgan fingerprint density at radius 3 is 1.89 bits per heavy atom. The number of amides is 4. The van der Waals surface area contributed by atoms with E-state index < -0.39 is 65.8 Å². The molecule has 5 atom stereocenters. The first-order valence-electron chi connectivity index (χ1n) is 11.1. The molecule has 0 aliphatic heterocycles. The van der Waals surface area contributed by atoms with Crippen LogP contribution in [0.25, 0.3) is 0 Å². The summed E-state index contributed by atoms with van der Waals surface area (Å²) < 4.78 is 0. The second-order valence-electron chi connectivity index (χ2n) is 8.41. The number of carboxylic acid groups (broad SMARTS) is 1. The average Bonchev–Trinajstić information content (AvgIpc) is 2.74. The van der Waals surface area contributed by atoms with Crippen molar-refractivity contribution in [3.8, 4) is 0 Å². The summed E-state index contributed by atoms with van der Waals surface area (Å²) in [7, 11) is 0. The van der Waals surface area contributed by atoms with E-state index >= 15 is 0 Å². The van der Waals surface area contributed by atoms with Crippen molar-refractivity contribution in [2.45, 2.75) is 76.7 Å². The zero-order valence-corrected chi connectivity index (χ0v) is 20.2.